The summed E-state index contributed by atoms with van der Waals surface area (Å²) in [5.41, 5.74) is -3.21. The van der Waals surface area contributed by atoms with Gasteiger partial charge in [-0.05, 0) is 59.3 Å². The largest absolute Gasteiger partial charge is 0.505 e. The van der Waals surface area contributed by atoms with Crippen LogP contribution in [0.4, 0.5) is 27.6 Å². The van der Waals surface area contributed by atoms with Gasteiger partial charge in [-0.15, -0.1) is 0 Å². The third-order valence-electron chi connectivity index (χ3n) is 5.36. The molecule has 4 rings (SSSR count). The van der Waals surface area contributed by atoms with Crippen LogP contribution >= 0.6 is 15.9 Å². The molecule has 0 unspecified atom stereocenters. The van der Waals surface area contributed by atoms with Gasteiger partial charge in [0.2, 0.25) is 0 Å². The average Bonchev–Trinajstić information content (AvgIpc) is 2.80. The van der Waals surface area contributed by atoms with Crippen molar-refractivity contribution < 1.29 is 45.0 Å². The molecule has 3 N–H and O–H groups in total. The molecule has 1 aliphatic heterocycles. The quantitative estimate of drug-likeness (QED) is 0.296. The molecule has 3 aromatic rings. The monoisotopic (exact) mass is 606 g/mol. The van der Waals surface area contributed by atoms with Crippen LogP contribution in [-0.2, 0) is 16.2 Å². The van der Waals surface area contributed by atoms with Gasteiger partial charge in [-0.2, -0.15) is 13.2 Å². The number of halogens is 6. The number of carbonyl (C=O) groups is 1. The Morgan fingerprint density at radius 3 is 2.43 bits per heavy atom. The van der Waals surface area contributed by atoms with Crippen molar-refractivity contribution in [2.24, 2.45) is 0 Å². The van der Waals surface area contributed by atoms with E-state index < -0.39 is 72.9 Å². The Morgan fingerprint density at radius 2 is 1.76 bits per heavy atom. The number of amides is 1. The molecule has 0 aliphatic carbocycles. The number of phenols is 1. The van der Waals surface area contributed by atoms with Gasteiger partial charge in [0.15, 0.2) is 0 Å². The number of phenolic OH excluding ortho intramolecular Hbond substituents is 1. The molecule has 4 bridgehead atoms. The summed E-state index contributed by atoms with van der Waals surface area (Å²) in [6, 6.07) is 5.20. The van der Waals surface area contributed by atoms with E-state index in [0.29, 0.717) is 24.3 Å². The Kier molecular flexibility index (Phi) is 6.84. The maximum Gasteiger partial charge on any atom is 0.416 e. The SMILES string of the molecule is C[C@H]1CNC(=O)c2cc(Br)c(O)c(c2)S(=O)(=O)Nc2cc(c(F)cc2F)-c2cc(C(F)(F)F)ccc2O1. The lowest BCUT2D eigenvalue weighted by atomic mass is 10.00. The third-order valence-corrected chi connectivity index (χ3v) is 7.34. The van der Waals surface area contributed by atoms with E-state index in [4.69, 9.17) is 4.74 Å². The van der Waals surface area contributed by atoms with E-state index in [0.717, 1.165) is 18.2 Å². The van der Waals surface area contributed by atoms with Gasteiger partial charge in [0.25, 0.3) is 15.9 Å². The fraction of sp³-hybridized carbons (Fsp3) is 0.174. The number of anilines is 1. The average molecular weight is 607 g/mol. The maximum absolute atomic E-state index is 14.9. The molecule has 37 heavy (non-hydrogen) atoms. The lowest BCUT2D eigenvalue weighted by Gasteiger charge is -2.20. The highest BCUT2D eigenvalue weighted by Gasteiger charge is 2.32. The van der Waals surface area contributed by atoms with Gasteiger partial charge in [-0.25, -0.2) is 17.2 Å². The van der Waals surface area contributed by atoms with Crippen molar-refractivity contribution in [1.29, 1.82) is 0 Å². The second-order valence-corrected chi connectivity index (χ2v) is 10.6. The summed E-state index contributed by atoms with van der Waals surface area (Å²) < 4.78 is 103. The van der Waals surface area contributed by atoms with Crippen LogP contribution in [-0.4, -0.2) is 32.1 Å². The molecular formula is C23H16BrF5N2O5S. The van der Waals surface area contributed by atoms with E-state index in [-0.39, 0.29) is 22.3 Å². The summed E-state index contributed by atoms with van der Waals surface area (Å²) in [5.74, 6) is -4.47. The summed E-state index contributed by atoms with van der Waals surface area (Å²) in [5, 5.41) is 12.8. The lowest BCUT2D eigenvalue weighted by Crippen LogP contribution is -2.33. The molecule has 1 heterocycles. The maximum atomic E-state index is 14.9. The first-order valence-corrected chi connectivity index (χ1v) is 12.7. The van der Waals surface area contributed by atoms with Crippen LogP contribution in [0.1, 0.15) is 22.8 Å². The number of ether oxygens (including phenoxy) is 1. The predicted octanol–water partition coefficient (Wildman–Crippen LogP) is 5.43. The zero-order valence-electron chi connectivity index (χ0n) is 18.6. The number of fused-ring (bicyclic) bond motifs is 6. The van der Waals surface area contributed by atoms with Gasteiger partial charge < -0.3 is 15.2 Å². The number of hydrogen-bond acceptors (Lipinski definition) is 5. The molecule has 1 amide bonds. The molecule has 0 spiro atoms. The highest BCUT2D eigenvalue weighted by molar-refractivity contribution is 9.10. The van der Waals surface area contributed by atoms with Crippen molar-refractivity contribution in [3.63, 3.8) is 0 Å². The van der Waals surface area contributed by atoms with Gasteiger partial charge in [-0.1, -0.05) is 0 Å². The highest BCUT2D eigenvalue weighted by atomic mass is 79.9. The number of hydrogen-bond donors (Lipinski definition) is 3. The number of rotatable bonds is 0. The fourth-order valence-corrected chi connectivity index (χ4v) is 5.35. The number of sulfonamides is 1. The first-order valence-electron chi connectivity index (χ1n) is 10.4. The van der Waals surface area contributed by atoms with Crippen LogP contribution in [0.3, 0.4) is 0 Å². The molecule has 0 saturated heterocycles. The number of benzene rings is 3. The zero-order chi connectivity index (χ0) is 27.3. The minimum absolute atomic E-state index is 0.165. The molecule has 0 saturated carbocycles. The number of carbonyl (C=O) groups excluding carboxylic acids is 1. The summed E-state index contributed by atoms with van der Waals surface area (Å²) in [7, 11) is -4.79. The summed E-state index contributed by atoms with van der Waals surface area (Å²) in [6.07, 6.45) is -5.67. The number of nitrogens with one attached hydrogen (secondary N) is 2. The summed E-state index contributed by atoms with van der Waals surface area (Å²) in [6.45, 7) is 1.30. The Bertz CT molecular complexity index is 1530. The summed E-state index contributed by atoms with van der Waals surface area (Å²) in [4.78, 5) is 11.9. The van der Waals surface area contributed by atoms with E-state index in [9.17, 15) is 40.3 Å². The Balaban J connectivity index is 1.98. The molecule has 0 aromatic heterocycles. The minimum atomic E-state index is -4.82. The molecular weight excluding hydrogens is 591 g/mol. The van der Waals surface area contributed by atoms with Crippen molar-refractivity contribution in [2.45, 2.75) is 24.1 Å². The zero-order valence-corrected chi connectivity index (χ0v) is 21.0. The van der Waals surface area contributed by atoms with E-state index in [1.165, 1.54) is 6.92 Å². The van der Waals surface area contributed by atoms with Gasteiger partial charge in [0.1, 0.15) is 34.1 Å². The fourth-order valence-electron chi connectivity index (χ4n) is 3.56. The molecule has 1 atom stereocenters. The van der Waals surface area contributed by atoms with Crippen LogP contribution in [0, 0.1) is 11.6 Å². The molecule has 196 valence electrons. The van der Waals surface area contributed by atoms with Crippen LogP contribution < -0.4 is 14.8 Å². The normalized spacial score (nSPS) is 17.4. The first-order chi connectivity index (χ1) is 17.2. The molecule has 7 nitrogen and oxygen atoms in total. The van der Waals surface area contributed by atoms with Crippen LogP contribution in [0.5, 0.6) is 11.5 Å². The van der Waals surface area contributed by atoms with E-state index in [2.05, 4.69) is 21.2 Å². The topological polar surface area (TPSA) is 105 Å². The number of alkyl halides is 3. The minimum Gasteiger partial charge on any atom is -0.505 e. The molecule has 1 aliphatic rings. The van der Waals surface area contributed by atoms with Gasteiger partial charge in [0, 0.05) is 22.8 Å². The first kappa shape index (κ1) is 26.7. The standard InChI is InChI=1S/C23H16BrF5N2O5S/c1-10-9-30-22(33)11-4-15(24)21(32)20(5-11)37(34,35)31-18-7-13(16(25)8-17(18)26)14-6-12(23(27,28)29)2-3-19(14)36-10/h2-8,10,31-32H,9H2,1H3,(H,30,33)/t10-/m0/s1. The molecule has 0 fully saturated rings. The van der Waals surface area contributed by atoms with Crippen molar-refractivity contribution >= 4 is 37.5 Å². The van der Waals surface area contributed by atoms with Crippen molar-refractivity contribution in [3.8, 4) is 22.6 Å². The van der Waals surface area contributed by atoms with Crippen LogP contribution in [0.15, 0.2) is 51.8 Å². The third kappa shape index (κ3) is 5.34. The lowest BCUT2D eigenvalue weighted by molar-refractivity contribution is -0.137. The van der Waals surface area contributed by atoms with Gasteiger partial charge in [0.05, 0.1) is 22.3 Å². The van der Waals surface area contributed by atoms with Crippen molar-refractivity contribution in [1.82, 2.24) is 5.32 Å². The van der Waals surface area contributed by atoms with Crippen molar-refractivity contribution in [2.75, 3.05) is 11.3 Å². The second-order valence-electron chi connectivity index (χ2n) is 8.07. The second kappa shape index (κ2) is 9.49. The Labute approximate surface area is 215 Å². The smallest absolute Gasteiger partial charge is 0.416 e. The summed E-state index contributed by atoms with van der Waals surface area (Å²) >= 11 is 2.96. The molecule has 0 radical (unpaired) electrons. The molecule has 14 heteroatoms. The Morgan fingerprint density at radius 1 is 1.05 bits per heavy atom. The van der Waals surface area contributed by atoms with Gasteiger partial charge in [-0.3, -0.25) is 9.52 Å². The number of aromatic hydroxyl groups is 1. The predicted molar refractivity (Wildman–Crippen MR) is 126 cm³/mol. The van der Waals surface area contributed by atoms with E-state index in [1.54, 1.807) is 0 Å². The van der Waals surface area contributed by atoms with Gasteiger partial charge >= 0.3 is 6.18 Å². The van der Waals surface area contributed by atoms with Crippen LogP contribution in [0.2, 0.25) is 0 Å². The highest BCUT2D eigenvalue weighted by Crippen LogP contribution is 2.41. The Hall–Kier alpha value is -3.39. The van der Waals surface area contributed by atoms with Crippen LogP contribution in [0.25, 0.3) is 11.1 Å². The van der Waals surface area contributed by atoms with E-state index >= 15 is 0 Å². The van der Waals surface area contributed by atoms with Crippen molar-refractivity contribution in [3.05, 3.63) is 69.7 Å². The molecule has 3 aromatic carbocycles. The van der Waals surface area contributed by atoms with E-state index in [1.807, 2.05) is 4.72 Å².